The van der Waals surface area contributed by atoms with Gasteiger partial charge < -0.3 is 9.84 Å². The van der Waals surface area contributed by atoms with Crippen molar-refractivity contribution < 1.29 is 14.6 Å². The van der Waals surface area contributed by atoms with Gasteiger partial charge >= 0.3 is 5.97 Å². The van der Waals surface area contributed by atoms with Crippen LogP contribution < -0.4 is 0 Å². The van der Waals surface area contributed by atoms with E-state index in [1.54, 1.807) is 7.11 Å². The second-order valence-electron chi connectivity index (χ2n) is 5.54. The number of carboxylic acids is 1. The van der Waals surface area contributed by atoms with Gasteiger partial charge in [0, 0.05) is 26.2 Å². The molecule has 1 N–H and O–H groups in total. The van der Waals surface area contributed by atoms with Crippen LogP contribution in [-0.2, 0) is 9.53 Å². The second-order valence-corrected chi connectivity index (χ2v) is 5.54. The third kappa shape index (κ3) is 2.80. The van der Waals surface area contributed by atoms with Crippen LogP contribution in [0, 0.1) is 11.8 Å². The SMILES string of the molecule is COC1CCC(N2CC(C)C(C(=O)O)C2)CC1. The molecular formula is C13H23NO3. The van der Waals surface area contributed by atoms with E-state index in [9.17, 15) is 4.79 Å². The molecule has 2 rings (SSSR count). The van der Waals surface area contributed by atoms with Crippen LogP contribution in [0.5, 0.6) is 0 Å². The number of methoxy groups -OCH3 is 1. The van der Waals surface area contributed by atoms with Crippen LogP contribution in [-0.4, -0.2) is 48.3 Å². The first kappa shape index (κ1) is 12.8. The summed E-state index contributed by atoms with van der Waals surface area (Å²) in [6.07, 6.45) is 4.95. The summed E-state index contributed by atoms with van der Waals surface area (Å²) < 4.78 is 5.37. The fourth-order valence-electron chi connectivity index (χ4n) is 3.27. The molecular weight excluding hydrogens is 218 g/mol. The molecule has 2 unspecified atom stereocenters. The molecule has 4 nitrogen and oxygen atoms in total. The van der Waals surface area contributed by atoms with Gasteiger partial charge in [0.1, 0.15) is 0 Å². The zero-order chi connectivity index (χ0) is 12.4. The van der Waals surface area contributed by atoms with Crippen LogP contribution in [0.15, 0.2) is 0 Å². The van der Waals surface area contributed by atoms with E-state index in [1.165, 1.54) is 0 Å². The summed E-state index contributed by atoms with van der Waals surface area (Å²) in [4.78, 5) is 13.5. The first-order chi connectivity index (χ1) is 8.11. The third-order valence-corrected chi connectivity index (χ3v) is 4.45. The Labute approximate surface area is 103 Å². The van der Waals surface area contributed by atoms with Crippen molar-refractivity contribution in [1.29, 1.82) is 0 Å². The maximum Gasteiger partial charge on any atom is 0.308 e. The molecule has 0 bridgehead atoms. The van der Waals surface area contributed by atoms with Crippen LogP contribution >= 0.6 is 0 Å². The minimum atomic E-state index is -0.634. The van der Waals surface area contributed by atoms with Gasteiger partial charge in [-0.05, 0) is 31.6 Å². The quantitative estimate of drug-likeness (QED) is 0.815. The molecule has 1 heterocycles. The van der Waals surface area contributed by atoms with Gasteiger partial charge in [0.15, 0.2) is 0 Å². The summed E-state index contributed by atoms with van der Waals surface area (Å²) in [5, 5.41) is 9.13. The maximum absolute atomic E-state index is 11.1. The highest BCUT2D eigenvalue weighted by Crippen LogP contribution is 2.31. The summed E-state index contributed by atoms with van der Waals surface area (Å²) in [6, 6.07) is 0.577. The number of carboxylic acid groups (broad SMARTS) is 1. The Morgan fingerprint density at radius 1 is 1.24 bits per heavy atom. The highest BCUT2D eigenvalue weighted by atomic mass is 16.5. The van der Waals surface area contributed by atoms with Crippen LogP contribution in [0.2, 0.25) is 0 Å². The lowest BCUT2D eigenvalue weighted by Gasteiger charge is -2.34. The van der Waals surface area contributed by atoms with Crippen LogP contribution in [0.3, 0.4) is 0 Å². The number of rotatable bonds is 3. The maximum atomic E-state index is 11.1. The Kier molecular flexibility index (Phi) is 4.05. The van der Waals surface area contributed by atoms with Crippen molar-refractivity contribution in [3.05, 3.63) is 0 Å². The number of ether oxygens (including phenoxy) is 1. The summed E-state index contributed by atoms with van der Waals surface area (Å²) >= 11 is 0. The highest BCUT2D eigenvalue weighted by molar-refractivity contribution is 5.71. The number of carbonyl (C=O) groups is 1. The lowest BCUT2D eigenvalue weighted by Crippen LogP contribution is -2.38. The molecule has 17 heavy (non-hydrogen) atoms. The van der Waals surface area contributed by atoms with Crippen molar-refractivity contribution in [1.82, 2.24) is 4.90 Å². The molecule has 2 fully saturated rings. The molecule has 0 aromatic rings. The Hall–Kier alpha value is -0.610. The average Bonchev–Trinajstić information content (AvgIpc) is 2.71. The fourth-order valence-corrected chi connectivity index (χ4v) is 3.27. The van der Waals surface area contributed by atoms with Crippen molar-refractivity contribution in [2.75, 3.05) is 20.2 Å². The Morgan fingerprint density at radius 2 is 1.88 bits per heavy atom. The molecule has 0 amide bonds. The van der Waals surface area contributed by atoms with Crippen molar-refractivity contribution in [3.63, 3.8) is 0 Å². The Balaban J connectivity index is 1.86. The first-order valence-electron chi connectivity index (χ1n) is 6.61. The van der Waals surface area contributed by atoms with E-state index in [4.69, 9.17) is 9.84 Å². The van der Waals surface area contributed by atoms with Gasteiger partial charge in [0.05, 0.1) is 12.0 Å². The average molecular weight is 241 g/mol. The summed E-state index contributed by atoms with van der Waals surface area (Å²) in [6.45, 7) is 3.73. The van der Waals surface area contributed by atoms with E-state index in [1.807, 2.05) is 0 Å². The Bertz CT molecular complexity index is 274. The van der Waals surface area contributed by atoms with Gasteiger partial charge in [0.25, 0.3) is 0 Å². The van der Waals surface area contributed by atoms with E-state index >= 15 is 0 Å². The molecule has 1 saturated carbocycles. The van der Waals surface area contributed by atoms with Gasteiger partial charge in [-0.1, -0.05) is 6.92 Å². The van der Waals surface area contributed by atoms with E-state index in [0.717, 1.165) is 38.8 Å². The van der Waals surface area contributed by atoms with Gasteiger partial charge in [-0.15, -0.1) is 0 Å². The summed E-state index contributed by atoms with van der Waals surface area (Å²) in [5.41, 5.74) is 0. The van der Waals surface area contributed by atoms with Crippen molar-refractivity contribution in [3.8, 4) is 0 Å². The topological polar surface area (TPSA) is 49.8 Å². The van der Waals surface area contributed by atoms with E-state index in [0.29, 0.717) is 12.1 Å². The number of nitrogens with zero attached hydrogens (tertiary/aromatic N) is 1. The van der Waals surface area contributed by atoms with Crippen LogP contribution in [0.1, 0.15) is 32.6 Å². The normalized spacial score (nSPS) is 39.4. The molecule has 0 spiro atoms. The second kappa shape index (κ2) is 5.36. The molecule has 2 atom stereocenters. The zero-order valence-corrected chi connectivity index (χ0v) is 10.8. The predicted octanol–water partition coefficient (Wildman–Crippen LogP) is 1.60. The fraction of sp³-hybridized carbons (Fsp3) is 0.923. The number of hydrogen-bond acceptors (Lipinski definition) is 3. The molecule has 1 aliphatic carbocycles. The minimum absolute atomic E-state index is 0.171. The standard InChI is InChI=1S/C13H23NO3/c1-9-7-14(8-12(9)13(15)16)10-3-5-11(17-2)6-4-10/h9-12H,3-8H2,1-2H3,(H,15,16). The molecule has 2 aliphatic rings. The molecule has 0 aromatic heterocycles. The van der Waals surface area contributed by atoms with E-state index in [2.05, 4.69) is 11.8 Å². The summed E-state index contributed by atoms with van der Waals surface area (Å²) in [7, 11) is 1.78. The first-order valence-corrected chi connectivity index (χ1v) is 6.61. The molecule has 1 saturated heterocycles. The van der Waals surface area contributed by atoms with Gasteiger partial charge in [0.2, 0.25) is 0 Å². The Morgan fingerprint density at radius 3 is 2.35 bits per heavy atom. The van der Waals surface area contributed by atoms with E-state index in [-0.39, 0.29) is 11.8 Å². The van der Waals surface area contributed by atoms with E-state index < -0.39 is 5.97 Å². The third-order valence-electron chi connectivity index (χ3n) is 4.45. The van der Waals surface area contributed by atoms with Crippen molar-refractivity contribution >= 4 is 5.97 Å². The lowest BCUT2D eigenvalue weighted by atomic mass is 9.92. The molecule has 1 aliphatic heterocycles. The lowest BCUT2D eigenvalue weighted by molar-refractivity contribution is -0.142. The smallest absolute Gasteiger partial charge is 0.308 e. The highest BCUT2D eigenvalue weighted by Gasteiger charge is 2.38. The van der Waals surface area contributed by atoms with Gasteiger partial charge in [-0.2, -0.15) is 0 Å². The summed E-state index contributed by atoms with van der Waals surface area (Å²) in [5.74, 6) is -0.520. The molecule has 4 heteroatoms. The monoisotopic (exact) mass is 241 g/mol. The largest absolute Gasteiger partial charge is 0.481 e. The zero-order valence-electron chi connectivity index (χ0n) is 10.8. The van der Waals surface area contributed by atoms with Gasteiger partial charge in [-0.25, -0.2) is 0 Å². The number of likely N-dealkylation sites (tertiary alicyclic amines) is 1. The van der Waals surface area contributed by atoms with Crippen LogP contribution in [0.4, 0.5) is 0 Å². The van der Waals surface area contributed by atoms with Crippen molar-refractivity contribution in [2.45, 2.75) is 44.8 Å². The predicted molar refractivity (Wildman–Crippen MR) is 64.9 cm³/mol. The molecule has 0 aromatic carbocycles. The number of aliphatic carboxylic acids is 1. The van der Waals surface area contributed by atoms with Gasteiger partial charge in [-0.3, -0.25) is 9.69 Å². The molecule has 98 valence electrons. The minimum Gasteiger partial charge on any atom is -0.481 e. The molecule has 0 radical (unpaired) electrons. The van der Waals surface area contributed by atoms with Crippen molar-refractivity contribution in [2.24, 2.45) is 11.8 Å². The number of hydrogen-bond donors (Lipinski definition) is 1. The van der Waals surface area contributed by atoms with Crippen LogP contribution in [0.25, 0.3) is 0 Å².